The second kappa shape index (κ2) is 20.2. The van der Waals surface area contributed by atoms with Gasteiger partial charge >= 0.3 is 0 Å². The highest BCUT2D eigenvalue weighted by molar-refractivity contribution is 4.44. The van der Waals surface area contributed by atoms with Crippen LogP contribution in [0, 0.1) is 0 Å². The van der Waals surface area contributed by atoms with Crippen molar-refractivity contribution >= 4 is 0 Å². The molecule has 0 saturated heterocycles. The largest absolute Gasteiger partial charge is 0.304 e. The van der Waals surface area contributed by atoms with E-state index < -0.39 is 0 Å². The van der Waals surface area contributed by atoms with Crippen molar-refractivity contribution in [2.75, 3.05) is 39.3 Å². The van der Waals surface area contributed by atoms with Crippen LogP contribution in [-0.4, -0.2) is 49.1 Å². The molecule has 0 aliphatic heterocycles. The monoisotopic (exact) mass is 242 g/mol. The predicted octanol–water partition coefficient (Wildman–Crippen LogP) is 3.00. The molecule has 0 heterocycles. The number of rotatable bonds is 6. The van der Waals surface area contributed by atoms with Crippen LogP contribution >= 0.6 is 0 Å². The Hall–Kier alpha value is -0.220. The fraction of sp³-hybridized carbons (Fsp3) is 1.00. The molecular formula is C12H32F2N2. The fourth-order valence-electron chi connectivity index (χ4n) is 1.34. The van der Waals surface area contributed by atoms with Gasteiger partial charge in [0.2, 0.25) is 0 Å². The van der Waals surface area contributed by atoms with Gasteiger partial charge < -0.3 is 9.80 Å². The van der Waals surface area contributed by atoms with Crippen molar-refractivity contribution in [3.63, 3.8) is 0 Å². The van der Waals surface area contributed by atoms with Gasteiger partial charge in [-0.2, -0.15) is 0 Å². The van der Waals surface area contributed by atoms with Crippen LogP contribution in [0.4, 0.5) is 9.41 Å². The Balaban J connectivity index is -0.0000000800. The highest BCUT2D eigenvalue weighted by atomic mass is 19.0. The first kappa shape index (κ1) is 24.8. The van der Waals surface area contributed by atoms with E-state index in [-0.39, 0.29) is 9.41 Å². The number of hydrogen-bond acceptors (Lipinski definition) is 2. The second-order valence-corrected chi connectivity index (χ2v) is 3.24. The molecule has 0 aromatic rings. The van der Waals surface area contributed by atoms with Gasteiger partial charge in [-0.15, -0.1) is 0 Å². The van der Waals surface area contributed by atoms with Crippen molar-refractivity contribution in [1.29, 1.82) is 0 Å². The van der Waals surface area contributed by atoms with Gasteiger partial charge in [0.1, 0.15) is 0 Å². The molecule has 0 fully saturated rings. The summed E-state index contributed by atoms with van der Waals surface area (Å²) in [6.07, 6.45) is 0. The van der Waals surface area contributed by atoms with Gasteiger partial charge in [0.25, 0.3) is 0 Å². The zero-order valence-electron chi connectivity index (χ0n) is 12.0. The van der Waals surface area contributed by atoms with Crippen LogP contribution in [-0.2, 0) is 0 Å². The first-order chi connectivity index (χ1) is 6.69. The zero-order valence-corrected chi connectivity index (χ0v) is 12.0. The second-order valence-electron chi connectivity index (χ2n) is 3.24. The molecule has 2 nitrogen and oxygen atoms in total. The molecule has 0 N–H and O–H groups in total. The van der Waals surface area contributed by atoms with Crippen molar-refractivity contribution in [3.8, 4) is 0 Å². The minimum absolute atomic E-state index is 0. The van der Waals surface area contributed by atoms with Crippen LogP contribution < -0.4 is 0 Å². The van der Waals surface area contributed by atoms with Crippen LogP contribution in [0.3, 0.4) is 0 Å². The lowest BCUT2D eigenvalue weighted by Crippen LogP contribution is -2.21. The summed E-state index contributed by atoms with van der Waals surface area (Å²) in [5, 5.41) is 0. The zero-order chi connectivity index (χ0) is 11.4. The highest BCUT2D eigenvalue weighted by Crippen LogP contribution is 1.82. The average Bonchev–Trinajstić information content (AvgIpc) is 2.24. The molecule has 104 valence electrons. The summed E-state index contributed by atoms with van der Waals surface area (Å²) < 4.78 is 0. The SMILES string of the molecule is CCN(CC)CC.CCN(CC)CC.F.F. The number of halogens is 2. The first-order valence-corrected chi connectivity index (χ1v) is 6.14. The van der Waals surface area contributed by atoms with Crippen molar-refractivity contribution in [3.05, 3.63) is 0 Å². The smallest absolute Gasteiger partial charge is 0.00474 e. The minimum atomic E-state index is 0. The fourth-order valence-corrected chi connectivity index (χ4v) is 1.34. The van der Waals surface area contributed by atoms with Crippen molar-refractivity contribution < 1.29 is 9.41 Å². The lowest BCUT2D eigenvalue weighted by molar-refractivity contribution is 0.321. The van der Waals surface area contributed by atoms with Crippen molar-refractivity contribution in [2.45, 2.75) is 41.5 Å². The van der Waals surface area contributed by atoms with E-state index in [1.54, 1.807) is 0 Å². The van der Waals surface area contributed by atoms with E-state index in [2.05, 4.69) is 51.3 Å². The quantitative estimate of drug-likeness (QED) is 0.706. The molecule has 0 radical (unpaired) electrons. The molecule has 0 saturated carbocycles. The Morgan fingerprint density at radius 3 is 0.562 bits per heavy atom. The summed E-state index contributed by atoms with van der Waals surface area (Å²) in [5.41, 5.74) is 0. The van der Waals surface area contributed by atoms with Gasteiger partial charge in [-0.3, -0.25) is 9.41 Å². The molecule has 0 aromatic heterocycles. The van der Waals surface area contributed by atoms with Gasteiger partial charge in [-0.05, 0) is 39.3 Å². The third-order valence-electron chi connectivity index (χ3n) is 2.68. The topological polar surface area (TPSA) is 6.48 Å². The van der Waals surface area contributed by atoms with Crippen LogP contribution in [0.25, 0.3) is 0 Å². The lowest BCUT2D eigenvalue weighted by atomic mass is 10.5. The van der Waals surface area contributed by atoms with Crippen LogP contribution in [0.15, 0.2) is 0 Å². The molecule has 0 spiro atoms. The Kier molecular flexibility index (Phi) is 31.4. The molecule has 0 aliphatic rings. The summed E-state index contributed by atoms with van der Waals surface area (Å²) >= 11 is 0. The van der Waals surface area contributed by atoms with Crippen LogP contribution in [0.2, 0.25) is 0 Å². The molecule has 16 heavy (non-hydrogen) atoms. The summed E-state index contributed by atoms with van der Waals surface area (Å²) in [6, 6.07) is 0. The summed E-state index contributed by atoms with van der Waals surface area (Å²) in [5.74, 6) is 0. The van der Waals surface area contributed by atoms with Gasteiger partial charge in [0, 0.05) is 0 Å². The first-order valence-electron chi connectivity index (χ1n) is 6.14. The summed E-state index contributed by atoms with van der Waals surface area (Å²) in [7, 11) is 0. The maximum absolute atomic E-state index is 2.38. The minimum Gasteiger partial charge on any atom is -0.304 e. The van der Waals surface area contributed by atoms with E-state index in [4.69, 9.17) is 0 Å². The van der Waals surface area contributed by atoms with Gasteiger partial charge in [0.05, 0.1) is 0 Å². The van der Waals surface area contributed by atoms with Crippen LogP contribution in [0.5, 0.6) is 0 Å². The summed E-state index contributed by atoms with van der Waals surface area (Å²) in [4.78, 5) is 4.75. The van der Waals surface area contributed by atoms with E-state index in [0.29, 0.717) is 0 Å². The Bertz CT molecular complexity index is 72.0. The summed E-state index contributed by atoms with van der Waals surface area (Å²) in [6.45, 7) is 20.2. The Morgan fingerprint density at radius 1 is 0.438 bits per heavy atom. The van der Waals surface area contributed by atoms with Gasteiger partial charge in [-0.1, -0.05) is 41.5 Å². The molecular weight excluding hydrogens is 210 g/mol. The molecule has 0 amide bonds. The van der Waals surface area contributed by atoms with E-state index >= 15 is 0 Å². The third-order valence-corrected chi connectivity index (χ3v) is 2.68. The maximum Gasteiger partial charge on any atom is -0.00474 e. The van der Waals surface area contributed by atoms with E-state index in [9.17, 15) is 0 Å². The maximum atomic E-state index is 2.38. The Morgan fingerprint density at radius 2 is 0.562 bits per heavy atom. The van der Waals surface area contributed by atoms with E-state index in [1.165, 1.54) is 39.3 Å². The highest BCUT2D eigenvalue weighted by Gasteiger charge is 1.89. The van der Waals surface area contributed by atoms with Crippen molar-refractivity contribution in [2.24, 2.45) is 0 Å². The molecule has 0 atom stereocenters. The van der Waals surface area contributed by atoms with Gasteiger partial charge in [-0.25, -0.2) is 0 Å². The van der Waals surface area contributed by atoms with E-state index in [1.807, 2.05) is 0 Å². The molecule has 0 bridgehead atoms. The number of hydrogen-bond donors (Lipinski definition) is 0. The molecule has 0 unspecified atom stereocenters. The normalized spacial score (nSPS) is 9.00. The lowest BCUT2D eigenvalue weighted by Gasteiger charge is -2.13. The molecule has 4 heteroatoms. The van der Waals surface area contributed by atoms with Gasteiger partial charge in [0.15, 0.2) is 0 Å². The molecule has 0 rings (SSSR count). The third kappa shape index (κ3) is 16.2. The van der Waals surface area contributed by atoms with E-state index in [0.717, 1.165) is 0 Å². The standard InChI is InChI=1S/2C6H15N.2FH/c2*1-4-7(5-2)6-3;;/h2*4-6H2,1-3H3;2*1H. The van der Waals surface area contributed by atoms with Crippen molar-refractivity contribution in [1.82, 2.24) is 9.80 Å². The van der Waals surface area contributed by atoms with Crippen LogP contribution in [0.1, 0.15) is 41.5 Å². The molecule has 0 aromatic carbocycles. The average molecular weight is 242 g/mol. The Labute approximate surface area is 101 Å². The molecule has 0 aliphatic carbocycles. The number of nitrogens with zero attached hydrogens (tertiary/aromatic N) is 2. The predicted molar refractivity (Wildman–Crippen MR) is 71.9 cm³/mol.